The highest BCUT2D eigenvalue weighted by atomic mass is 32.1. The van der Waals surface area contributed by atoms with Crippen LogP contribution in [0.5, 0.6) is 5.75 Å². The van der Waals surface area contributed by atoms with Gasteiger partial charge in [0.25, 0.3) is 0 Å². The first kappa shape index (κ1) is 14.5. The number of hydrogen-bond acceptors (Lipinski definition) is 4. The first-order valence-corrected chi connectivity index (χ1v) is 7.43. The predicted molar refractivity (Wildman–Crippen MR) is 79.7 cm³/mol. The van der Waals surface area contributed by atoms with Crippen LogP contribution >= 0.6 is 11.3 Å². The van der Waals surface area contributed by atoms with Crippen molar-refractivity contribution in [3.05, 3.63) is 34.8 Å². The number of thiazole rings is 1. The second kappa shape index (κ2) is 6.52. The van der Waals surface area contributed by atoms with Crippen LogP contribution in [0.25, 0.3) is 10.6 Å². The maximum Gasteiger partial charge on any atom is 0.347 e. The van der Waals surface area contributed by atoms with E-state index < -0.39 is 5.97 Å². The number of carboxylic acids is 1. The Morgan fingerprint density at radius 2 is 2.20 bits per heavy atom. The van der Waals surface area contributed by atoms with Crippen molar-refractivity contribution in [1.29, 1.82) is 0 Å². The van der Waals surface area contributed by atoms with E-state index in [1.165, 1.54) is 11.3 Å². The lowest BCUT2D eigenvalue weighted by Crippen LogP contribution is -1.98. The second-order valence-corrected chi connectivity index (χ2v) is 5.31. The van der Waals surface area contributed by atoms with E-state index >= 15 is 0 Å². The molecule has 5 heteroatoms. The number of carboxylic acid groups (broad SMARTS) is 1. The van der Waals surface area contributed by atoms with Gasteiger partial charge in [0.1, 0.15) is 15.6 Å². The Morgan fingerprint density at radius 3 is 2.85 bits per heavy atom. The van der Waals surface area contributed by atoms with E-state index in [0.717, 1.165) is 22.7 Å². The Hall–Kier alpha value is -1.88. The topological polar surface area (TPSA) is 59.4 Å². The Labute approximate surface area is 122 Å². The fraction of sp³-hybridized carbons (Fsp3) is 0.333. The summed E-state index contributed by atoms with van der Waals surface area (Å²) in [4.78, 5) is 16.1. The molecule has 1 aromatic carbocycles. The molecular weight excluding hydrogens is 274 g/mol. The van der Waals surface area contributed by atoms with Gasteiger partial charge in [-0.25, -0.2) is 9.78 Å². The molecule has 0 aliphatic carbocycles. The van der Waals surface area contributed by atoms with E-state index in [1.54, 1.807) is 0 Å². The average Bonchev–Trinajstić information content (AvgIpc) is 2.84. The van der Waals surface area contributed by atoms with Crippen molar-refractivity contribution in [3.8, 4) is 16.3 Å². The van der Waals surface area contributed by atoms with Crippen molar-refractivity contribution in [1.82, 2.24) is 4.98 Å². The van der Waals surface area contributed by atoms with Crippen LogP contribution in [0.4, 0.5) is 0 Å². The number of aromatic carboxylic acids is 1. The number of ether oxygens (including phenoxy) is 1. The molecule has 0 unspecified atom stereocenters. The number of aromatic nitrogens is 1. The van der Waals surface area contributed by atoms with Crippen molar-refractivity contribution in [2.45, 2.75) is 26.7 Å². The minimum atomic E-state index is -0.904. The molecule has 1 heterocycles. The standard InChI is InChI=1S/C15H17NO3S/c1-3-6-12-13(15(17)18)20-14(16-12)10-7-5-8-11(9-10)19-4-2/h5,7-9H,3-4,6H2,1-2H3,(H,17,18). The van der Waals surface area contributed by atoms with Gasteiger partial charge in [-0.05, 0) is 25.5 Å². The van der Waals surface area contributed by atoms with E-state index in [-0.39, 0.29) is 0 Å². The van der Waals surface area contributed by atoms with Crippen LogP contribution in [0.1, 0.15) is 35.6 Å². The summed E-state index contributed by atoms with van der Waals surface area (Å²) in [6.07, 6.45) is 1.56. The number of hydrogen-bond donors (Lipinski definition) is 1. The third kappa shape index (κ3) is 3.17. The molecule has 0 spiro atoms. The van der Waals surface area contributed by atoms with E-state index in [2.05, 4.69) is 4.98 Å². The van der Waals surface area contributed by atoms with Crippen LogP contribution in [0, 0.1) is 0 Å². The highest BCUT2D eigenvalue weighted by Gasteiger charge is 2.17. The highest BCUT2D eigenvalue weighted by Crippen LogP contribution is 2.30. The summed E-state index contributed by atoms with van der Waals surface area (Å²) in [5.74, 6) is -0.132. The maximum atomic E-state index is 11.3. The van der Waals surface area contributed by atoms with Gasteiger partial charge in [-0.1, -0.05) is 25.5 Å². The molecular formula is C15H17NO3S. The van der Waals surface area contributed by atoms with Crippen LogP contribution in [-0.2, 0) is 6.42 Å². The maximum absolute atomic E-state index is 11.3. The minimum Gasteiger partial charge on any atom is -0.494 e. The largest absolute Gasteiger partial charge is 0.494 e. The lowest BCUT2D eigenvalue weighted by Gasteiger charge is -2.03. The summed E-state index contributed by atoms with van der Waals surface area (Å²) in [6, 6.07) is 7.58. The Morgan fingerprint density at radius 1 is 1.40 bits per heavy atom. The van der Waals surface area contributed by atoms with Gasteiger partial charge in [-0.2, -0.15) is 0 Å². The van der Waals surface area contributed by atoms with Gasteiger partial charge in [0, 0.05) is 5.56 Å². The lowest BCUT2D eigenvalue weighted by atomic mass is 10.2. The molecule has 2 aromatic rings. The van der Waals surface area contributed by atoms with Crippen LogP contribution in [0.15, 0.2) is 24.3 Å². The van der Waals surface area contributed by atoms with Crippen LogP contribution in [0.2, 0.25) is 0 Å². The monoisotopic (exact) mass is 291 g/mol. The second-order valence-electron chi connectivity index (χ2n) is 4.31. The molecule has 0 bridgehead atoms. The van der Waals surface area contributed by atoms with Gasteiger partial charge >= 0.3 is 5.97 Å². The number of rotatable bonds is 6. The molecule has 1 N–H and O–H groups in total. The Balaban J connectivity index is 2.39. The molecule has 0 saturated heterocycles. The fourth-order valence-electron chi connectivity index (χ4n) is 1.93. The van der Waals surface area contributed by atoms with Gasteiger partial charge in [-0.15, -0.1) is 11.3 Å². The van der Waals surface area contributed by atoms with Crippen molar-refractivity contribution in [2.75, 3.05) is 6.61 Å². The molecule has 0 aliphatic heterocycles. The summed E-state index contributed by atoms with van der Waals surface area (Å²) in [7, 11) is 0. The molecule has 4 nitrogen and oxygen atoms in total. The van der Waals surface area contributed by atoms with Crippen LogP contribution < -0.4 is 4.74 Å². The molecule has 106 valence electrons. The summed E-state index contributed by atoms with van der Waals surface area (Å²) in [6.45, 7) is 4.54. The minimum absolute atomic E-state index is 0.337. The van der Waals surface area contributed by atoms with Gasteiger partial charge in [0.2, 0.25) is 0 Å². The number of aryl methyl sites for hydroxylation is 1. The summed E-state index contributed by atoms with van der Waals surface area (Å²) in [5.41, 5.74) is 1.56. The summed E-state index contributed by atoms with van der Waals surface area (Å²) in [5, 5.41) is 9.97. The normalized spacial score (nSPS) is 10.5. The molecule has 1 aromatic heterocycles. The first-order valence-electron chi connectivity index (χ1n) is 6.62. The zero-order valence-corrected chi connectivity index (χ0v) is 12.4. The SMILES string of the molecule is CCCc1nc(-c2cccc(OCC)c2)sc1C(=O)O. The molecule has 0 amide bonds. The van der Waals surface area contributed by atoms with E-state index in [0.29, 0.717) is 23.6 Å². The zero-order chi connectivity index (χ0) is 14.5. The number of nitrogens with zero attached hydrogens (tertiary/aromatic N) is 1. The first-order chi connectivity index (χ1) is 9.65. The molecule has 0 saturated carbocycles. The van der Waals surface area contributed by atoms with Gasteiger partial charge in [-0.3, -0.25) is 0 Å². The molecule has 0 radical (unpaired) electrons. The van der Waals surface area contributed by atoms with Crippen molar-refractivity contribution in [3.63, 3.8) is 0 Å². The molecule has 20 heavy (non-hydrogen) atoms. The smallest absolute Gasteiger partial charge is 0.347 e. The summed E-state index contributed by atoms with van der Waals surface area (Å²) < 4.78 is 5.46. The van der Waals surface area contributed by atoms with Crippen LogP contribution in [0.3, 0.4) is 0 Å². The zero-order valence-electron chi connectivity index (χ0n) is 11.5. The third-order valence-corrected chi connectivity index (χ3v) is 3.91. The van der Waals surface area contributed by atoms with Gasteiger partial charge in [0.05, 0.1) is 12.3 Å². The van der Waals surface area contributed by atoms with Crippen molar-refractivity contribution < 1.29 is 14.6 Å². The molecule has 0 fully saturated rings. The average molecular weight is 291 g/mol. The molecule has 2 rings (SSSR count). The van der Waals surface area contributed by atoms with Gasteiger partial charge < -0.3 is 9.84 Å². The van der Waals surface area contributed by atoms with E-state index in [9.17, 15) is 9.90 Å². The third-order valence-electron chi connectivity index (χ3n) is 2.77. The summed E-state index contributed by atoms with van der Waals surface area (Å²) >= 11 is 1.22. The Kier molecular flexibility index (Phi) is 4.74. The predicted octanol–water partition coefficient (Wildman–Crippen LogP) is 3.86. The molecule has 0 atom stereocenters. The quantitative estimate of drug-likeness (QED) is 0.878. The lowest BCUT2D eigenvalue weighted by molar-refractivity contribution is 0.0700. The number of benzene rings is 1. The van der Waals surface area contributed by atoms with E-state index in [4.69, 9.17) is 4.74 Å². The fourth-order valence-corrected chi connectivity index (χ4v) is 2.88. The number of carbonyl (C=O) groups is 1. The van der Waals surface area contributed by atoms with E-state index in [1.807, 2.05) is 38.1 Å². The Bertz CT molecular complexity index is 607. The highest BCUT2D eigenvalue weighted by molar-refractivity contribution is 7.17. The van der Waals surface area contributed by atoms with Crippen molar-refractivity contribution in [2.24, 2.45) is 0 Å². The van der Waals surface area contributed by atoms with Crippen LogP contribution in [-0.4, -0.2) is 22.7 Å². The van der Waals surface area contributed by atoms with Gasteiger partial charge in [0.15, 0.2) is 0 Å². The molecule has 0 aliphatic rings. The van der Waals surface area contributed by atoms with Crippen molar-refractivity contribution >= 4 is 17.3 Å².